The Morgan fingerprint density at radius 1 is 1.41 bits per heavy atom. The van der Waals surface area contributed by atoms with Crippen LogP contribution in [-0.4, -0.2) is 25.6 Å². The Morgan fingerprint density at radius 3 is 2.59 bits per heavy atom. The number of aromatic nitrogens is 3. The third-order valence-electron chi connectivity index (χ3n) is 2.62. The van der Waals surface area contributed by atoms with Crippen LogP contribution in [0.2, 0.25) is 0 Å². The van der Waals surface area contributed by atoms with Crippen molar-refractivity contribution in [2.45, 2.75) is 26.2 Å². The lowest BCUT2D eigenvalue weighted by atomic mass is 9.90. The Balaban J connectivity index is 2.86. The lowest BCUT2D eigenvalue weighted by molar-refractivity contribution is 0.0690. The van der Waals surface area contributed by atoms with Crippen LogP contribution in [0.15, 0.2) is 12.4 Å². The van der Waals surface area contributed by atoms with Gasteiger partial charge in [0.05, 0.1) is 23.1 Å². The van der Waals surface area contributed by atoms with Crippen molar-refractivity contribution in [2.75, 3.05) is 0 Å². The lowest BCUT2D eigenvalue weighted by Gasteiger charge is -2.19. The largest absolute Gasteiger partial charge is 0.477 e. The Morgan fingerprint density at radius 2 is 2.06 bits per heavy atom. The van der Waals surface area contributed by atoms with E-state index in [-0.39, 0.29) is 11.1 Å². The van der Waals surface area contributed by atoms with E-state index >= 15 is 0 Å². The molecule has 0 aliphatic heterocycles. The van der Waals surface area contributed by atoms with Crippen LogP contribution in [0.5, 0.6) is 0 Å². The van der Waals surface area contributed by atoms with Crippen LogP contribution in [0.25, 0.3) is 11.0 Å². The van der Waals surface area contributed by atoms with E-state index in [1.54, 1.807) is 6.33 Å². The van der Waals surface area contributed by atoms with E-state index in [1.807, 2.05) is 32.4 Å². The summed E-state index contributed by atoms with van der Waals surface area (Å²) in [6.45, 7) is 6.02. The molecular weight excluding hydrogens is 218 g/mol. The summed E-state index contributed by atoms with van der Waals surface area (Å²) in [5.41, 5.74) is 2.14. The number of carboxylic acid groups (broad SMARTS) is 1. The summed E-state index contributed by atoms with van der Waals surface area (Å²) in [6.07, 6.45) is 1.67. The second-order valence-corrected chi connectivity index (χ2v) is 5.13. The van der Waals surface area contributed by atoms with Crippen LogP contribution in [0, 0.1) is 0 Å². The number of imidazole rings is 1. The lowest BCUT2D eigenvalue weighted by Crippen LogP contribution is -2.17. The summed E-state index contributed by atoms with van der Waals surface area (Å²) in [7, 11) is 1.88. The fourth-order valence-electron chi connectivity index (χ4n) is 1.81. The number of nitrogens with zero attached hydrogens (tertiary/aromatic N) is 3. The van der Waals surface area contributed by atoms with Gasteiger partial charge < -0.3 is 9.67 Å². The normalized spacial score (nSPS) is 12.0. The molecule has 2 heterocycles. The minimum atomic E-state index is -1.02. The molecule has 5 heteroatoms. The quantitative estimate of drug-likeness (QED) is 0.817. The number of carboxylic acids is 1. The van der Waals surface area contributed by atoms with Gasteiger partial charge in [-0.25, -0.2) is 14.8 Å². The molecule has 0 bridgehead atoms. The molecule has 5 nitrogen and oxygen atoms in total. The second-order valence-electron chi connectivity index (χ2n) is 5.13. The molecule has 0 fully saturated rings. The molecule has 2 aromatic heterocycles. The summed E-state index contributed by atoms with van der Waals surface area (Å²) in [4.78, 5) is 19.5. The number of rotatable bonds is 1. The molecule has 0 atom stereocenters. The average Bonchev–Trinajstić information content (AvgIpc) is 2.58. The van der Waals surface area contributed by atoms with Gasteiger partial charge >= 0.3 is 5.97 Å². The summed E-state index contributed by atoms with van der Waals surface area (Å²) in [5, 5.41) is 9.04. The molecule has 0 unspecified atom stereocenters. The van der Waals surface area contributed by atoms with Crippen molar-refractivity contribution in [3.63, 3.8) is 0 Å². The van der Waals surface area contributed by atoms with Crippen molar-refractivity contribution in [1.82, 2.24) is 14.5 Å². The van der Waals surface area contributed by atoms with Crippen molar-refractivity contribution in [2.24, 2.45) is 7.05 Å². The van der Waals surface area contributed by atoms with Gasteiger partial charge in [-0.05, 0) is 6.07 Å². The predicted octanol–water partition coefficient (Wildman–Crippen LogP) is 1.96. The Kier molecular flexibility index (Phi) is 2.41. The number of aromatic carboxylic acids is 1. The van der Waals surface area contributed by atoms with Gasteiger partial charge in [-0.15, -0.1) is 0 Å². The standard InChI is InChI=1S/C12H15N3O2/c1-12(2,3)10-9-7(13-6-15(9)4)5-8(14-10)11(16)17/h5-6H,1-4H3,(H,16,17). The van der Waals surface area contributed by atoms with Gasteiger partial charge in [-0.2, -0.15) is 0 Å². The number of pyridine rings is 1. The molecule has 0 aliphatic rings. The number of fused-ring (bicyclic) bond motifs is 1. The zero-order valence-corrected chi connectivity index (χ0v) is 10.4. The van der Waals surface area contributed by atoms with Crippen LogP contribution in [0.3, 0.4) is 0 Å². The van der Waals surface area contributed by atoms with Gasteiger partial charge in [0.2, 0.25) is 0 Å². The molecule has 17 heavy (non-hydrogen) atoms. The zero-order chi connectivity index (χ0) is 12.8. The van der Waals surface area contributed by atoms with Gasteiger partial charge in [-0.3, -0.25) is 0 Å². The Bertz CT molecular complexity index is 594. The number of hydrogen-bond donors (Lipinski definition) is 1. The molecule has 1 N–H and O–H groups in total. The summed E-state index contributed by atoms with van der Waals surface area (Å²) in [5.74, 6) is -1.02. The minimum Gasteiger partial charge on any atom is -0.477 e. The second kappa shape index (κ2) is 3.55. The van der Waals surface area contributed by atoms with Gasteiger partial charge in [0, 0.05) is 12.5 Å². The van der Waals surface area contributed by atoms with Crippen LogP contribution in [0.4, 0.5) is 0 Å². The zero-order valence-electron chi connectivity index (χ0n) is 10.4. The molecule has 0 amide bonds. The Hall–Kier alpha value is -1.91. The van der Waals surface area contributed by atoms with Crippen LogP contribution in [-0.2, 0) is 12.5 Å². The van der Waals surface area contributed by atoms with Crippen molar-refractivity contribution in [1.29, 1.82) is 0 Å². The molecule has 0 saturated heterocycles. The molecule has 0 aromatic carbocycles. The number of hydrogen-bond acceptors (Lipinski definition) is 3. The van der Waals surface area contributed by atoms with E-state index in [2.05, 4.69) is 9.97 Å². The maximum atomic E-state index is 11.0. The first-order chi connectivity index (χ1) is 7.80. The number of carbonyl (C=O) groups is 1. The third kappa shape index (κ3) is 1.88. The highest BCUT2D eigenvalue weighted by Crippen LogP contribution is 2.28. The van der Waals surface area contributed by atoms with E-state index in [1.165, 1.54) is 6.07 Å². The van der Waals surface area contributed by atoms with Gasteiger partial charge in [0.15, 0.2) is 5.69 Å². The third-order valence-corrected chi connectivity index (χ3v) is 2.62. The summed E-state index contributed by atoms with van der Waals surface area (Å²) >= 11 is 0. The first-order valence-corrected chi connectivity index (χ1v) is 5.36. The van der Waals surface area contributed by atoms with E-state index in [9.17, 15) is 4.79 Å². The molecule has 0 aliphatic carbocycles. The maximum absolute atomic E-state index is 11.0. The van der Waals surface area contributed by atoms with Gasteiger partial charge in [-0.1, -0.05) is 20.8 Å². The smallest absolute Gasteiger partial charge is 0.354 e. The van der Waals surface area contributed by atoms with E-state index in [0.29, 0.717) is 5.52 Å². The minimum absolute atomic E-state index is 0.0427. The monoisotopic (exact) mass is 233 g/mol. The van der Waals surface area contributed by atoms with Crippen molar-refractivity contribution in [3.05, 3.63) is 23.8 Å². The molecule has 0 spiro atoms. The first-order valence-electron chi connectivity index (χ1n) is 5.36. The van der Waals surface area contributed by atoms with Crippen LogP contribution >= 0.6 is 0 Å². The highest BCUT2D eigenvalue weighted by molar-refractivity contribution is 5.91. The highest BCUT2D eigenvalue weighted by Gasteiger charge is 2.23. The van der Waals surface area contributed by atoms with E-state index < -0.39 is 5.97 Å². The van der Waals surface area contributed by atoms with Crippen molar-refractivity contribution < 1.29 is 9.90 Å². The molecule has 0 radical (unpaired) electrons. The highest BCUT2D eigenvalue weighted by atomic mass is 16.4. The Labute approximate surface area is 99.1 Å². The van der Waals surface area contributed by atoms with E-state index in [0.717, 1.165) is 11.2 Å². The van der Waals surface area contributed by atoms with Gasteiger partial charge in [0.1, 0.15) is 0 Å². The fraction of sp³-hybridized carbons (Fsp3) is 0.417. The summed E-state index contributed by atoms with van der Waals surface area (Å²) in [6, 6.07) is 1.51. The SMILES string of the molecule is Cn1cnc2cc(C(=O)O)nc(C(C)(C)C)c21. The molecule has 2 rings (SSSR count). The van der Waals surface area contributed by atoms with Crippen LogP contribution in [0.1, 0.15) is 37.0 Å². The topological polar surface area (TPSA) is 68.0 Å². The van der Waals surface area contributed by atoms with Crippen molar-refractivity contribution in [3.8, 4) is 0 Å². The molecule has 0 saturated carbocycles. The first kappa shape index (κ1) is 11.6. The summed E-state index contributed by atoms with van der Waals surface area (Å²) < 4.78 is 1.87. The maximum Gasteiger partial charge on any atom is 0.354 e. The predicted molar refractivity (Wildman–Crippen MR) is 64.2 cm³/mol. The number of aryl methyl sites for hydroxylation is 1. The van der Waals surface area contributed by atoms with Crippen LogP contribution < -0.4 is 0 Å². The fourth-order valence-corrected chi connectivity index (χ4v) is 1.81. The molecule has 90 valence electrons. The molecular formula is C12H15N3O2. The molecule has 2 aromatic rings. The van der Waals surface area contributed by atoms with Crippen molar-refractivity contribution >= 4 is 17.0 Å². The van der Waals surface area contributed by atoms with Gasteiger partial charge in [0.25, 0.3) is 0 Å². The average molecular weight is 233 g/mol. The van der Waals surface area contributed by atoms with E-state index in [4.69, 9.17) is 5.11 Å².